The molecular formula is C14H26N4OS. The van der Waals surface area contributed by atoms with Crippen molar-refractivity contribution < 1.29 is 4.74 Å². The Morgan fingerprint density at radius 1 is 1.35 bits per heavy atom. The molecule has 1 fully saturated rings. The minimum atomic E-state index is 0.111. The van der Waals surface area contributed by atoms with Crippen molar-refractivity contribution in [2.75, 3.05) is 45.9 Å². The summed E-state index contributed by atoms with van der Waals surface area (Å²) in [6, 6.07) is 0. The van der Waals surface area contributed by atoms with Gasteiger partial charge in [0.25, 0.3) is 0 Å². The van der Waals surface area contributed by atoms with E-state index in [0.29, 0.717) is 0 Å². The number of ether oxygens (including phenoxy) is 1. The molecule has 0 saturated carbocycles. The molecule has 2 rings (SSSR count). The van der Waals surface area contributed by atoms with Gasteiger partial charge in [0.15, 0.2) is 0 Å². The molecule has 6 heteroatoms. The van der Waals surface area contributed by atoms with Crippen LogP contribution in [-0.2, 0) is 11.3 Å². The molecular weight excluding hydrogens is 272 g/mol. The van der Waals surface area contributed by atoms with Crippen molar-refractivity contribution in [2.45, 2.75) is 26.5 Å². The maximum atomic E-state index is 5.60. The molecule has 1 aliphatic heterocycles. The van der Waals surface area contributed by atoms with Crippen LogP contribution in [0.1, 0.15) is 30.7 Å². The van der Waals surface area contributed by atoms with E-state index in [4.69, 9.17) is 15.5 Å². The largest absolute Gasteiger partial charge is 0.372 e. The van der Waals surface area contributed by atoms with E-state index in [0.717, 1.165) is 57.4 Å². The number of hydrogen-bond donors (Lipinski definition) is 1. The number of aromatic nitrogens is 1. The Hall–Kier alpha value is -0.530. The summed E-state index contributed by atoms with van der Waals surface area (Å²) in [5.41, 5.74) is 6.77. The van der Waals surface area contributed by atoms with Gasteiger partial charge in [-0.15, -0.1) is 11.3 Å². The van der Waals surface area contributed by atoms with Gasteiger partial charge in [-0.1, -0.05) is 0 Å². The summed E-state index contributed by atoms with van der Waals surface area (Å²) in [6.45, 7) is 12.0. The summed E-state index contributed by atoms with van der Waals surface area (Å²) in [6.07, 6.45) is 0.111. The zero-order valence-corrected chi connectivity index (χ0v) is 13.4. The van der Waals surface area contributed by atoms with Crippen LogP contribution < -0.4 is 5.73 Å². The molecule has 2 N–H and O–H groups in total. The van der Waals surface area contributed by atoms with Crippen molar-refractivity contribution in [1.82, 2.24) is 14.8 Å². The lowest BCUT2D eigenvalue weighted by Crippen LogP contribution is -2.47. The summed E-state index contributed by atoms with van der Waals surface area (Å²) in [4.78, 5) is 9.60. The number of nitrogens with two attached hydrogens (primary N) is 1. The summed E-state index contributed by atoms with van der Waals surface area (Å²) >= 11 is 1.71. The molecule has 0 aliphatic carbocycles. The normalized spacial score (nSPS) is 19.4. The van der Waals surface area contributed by atoms with E-state index in [1.54, 1.807) is 11.3 Å². The van der Waals surface area contributed by atoms with Crippen molar-refractivity contribution in [1.29, 1.82) is 0 Å². The molecule has 1 atom stereocenters. The van der Waals surface area contributed by atoms with Gasteiger partial charge in [0.2, 0.25) is 0 Å². The van der Waals surface area contributed by atoms with E-state index in [2.05, 4.69) is 22.1 Å². The molecule has 0 bridgehead atoms. The van der Waals surface area contributed by atoms with Gasteiger partial charge in [0.1, 0.15) is 11.1 Å². The highest BCUT2D eigenvalue weighted by molar-refractivity contribution is 7.09. The minimum Gasteiger partial charge on any atom is -0.372 e. The fourth-order valence-electron chi connectivity index (χ4n) is 2.49. The molecule has 1 aromatic heterocycles. The van der Waals surface area contributed by atoms with Gasteiger partial charge >= 0.3 is 0 Å². The molecule has 0 radical (unpaired) electrons. The Bertz CT molecular complexity index is 390. The molecule has 1 saturated heterocycles. The van der Waals surface area contributed by atoms with Crippen LogP contribution >= 0.6 is 11.3 Å². The average molecular weight is 298 g/mol. The molecule has 1 unspecified atom stereocenters. The highest BCUT2D eigenvalue weighted by atomic mass is 32.1. The molecule has 114 valence electrons. The third kappa shape index (κ3) is 4.49. The third-order valence-corrected chi connectivity index (χ3v) is 4.68. The van der Waals surface area contributed by atoms with Gasteiger partial charge in [0.05, 0.1) is 5.69 Å². The second-order valence-electron chi connectivity index (χ2n) is 5.18. The fraction of sp³-hybridized carbons (Fsp3) is 0.786. The Morgan fingerprint density at radius 3 is 2.70 bits per heavy atom. The summed E-state index contributed by atoms with van der Waals surface area (Å²) in [5, 5.41) is 3.25. The van der Waals surface area contributed by atoms with E-state index in [-0.39, 0.29) is 6.10 Å². The van der Waals surface area contributed by atoms with E-state index >= 15 is 0 Å². The maximum Gasteiger partial charge on any atom is 0.122 e. The lowest BCUT2D eigenvalue weighted by atomic mass is 10.3. The van der Waals surface area contributed by atoms with Crippen molar-refractivity contribution in [2.24, 2.45) is 5.73 Å². The van der Waals surface area contributed by atoms with Crippen LogP contribution in [0, 0.1) is 0 Å². The molecule has 1 aliphatic rings. The highest BCUT2D eigenvalue weighted by Gasteiger charge is 2.18. The van der Waals surface area contributed by atoms with Gasteiger partial charge in [0, 0.05) is 57.8 Å². The Balaban J connectivity index is 1.79. The number of nitrogens with zero attached hydrogens (tertiary/aromatic N) is 3. The second-order valence-corrected chi connectivity index (χ2v) is 6.07. The molecule has 20 heavy (non-hydrogen) atoms. The van der Waals surface area contributed by atoms with E-state index < -0.39 is 0 Å². The second kappa shape index (κ2) is 8.05. The SMILES string of the molecule is CCOC(C)c1nc(CN2CCN(CCN)CC2)cs1. The van der Waals surface area contributed by atoms with Gasteiger partial charge in [-0.05, 0) is 13.8 Å². The number of piperazine rings is 1. The van der Waals surface area contributed by atoms with Crippen LogP contribution in [0.15, 0.2) is 5.38 Å². The molecule has 1 aromatic rings. The van der Waals surface area contributed by atoms with E-state index in [1.807, 2.05) is 6.92 Å². The molecule has 0 spiro atoms. The lowest BCUT2D eigenvalue weighted by molar-refractivity contribution is 0.0758. The lowest BCUT2D eigenvalue weighted by Gasteiger charge is -2.34. The number of hydrogen-bond acceptors (Lipinski definition) is 6. The molecule has 5 nitrogen and oxygen atoms in total. The van der Waals surface area contributed by atoms with Gasteiger partial charge in [-0.25, -0.2) is 4.98 Å². The summed E-state index contributed by atoms with van der Waals surface area (Å²) < 4.78 is 5.59. The van der Waals surface area contributed by atoms with E-state index in [1.165, 1.54) is 5.69 Å². The molecule has 2 heterocycles. The average Bonchev–Trinajstić information content (AvgIpc) is 2.90. The predicted octanol–water partition coefficient (Wildman–Crippen LogP) is 1.32. The van der Waals surface area contributed by atoms with Gasteiger partial charge < -0.3 is 10.5 Å². The smallest absolute Gasteiger partial charge is 0.122 e. The van der Waals surface area contributed by atoms with Crippen molar-refractivity contribution in [3.05, 3.63) is 16.1 Å². The van der Waals surface area contributed by atoms with Crippen LogP contribution in [0.25, 0.3) is 0 Å². The minimum absolute atomic E-state index is 0.111. The first-order chi connectivity index (χ1) is 9.72. The van der Waals surface area contributed by atoms with Crippen molar-refractivity contribution in [3.8, 4) is 0 Å². The first kappa shape index (κ1) is 15.9. The summed E-state index contributed by atoms with van der Waals surface area (Å²) in [5.74, 6) is 0. The number of thiazole rings is 1. The van der Waals surface area contributed by atoms with Crippen LogP contribution in [0.2, 0.25) is 0 Å². The standard InChI is InChI=1S/C14H26N4OS/c1-3-19-12(2)14-16-13(11-20-14)10-18-8-6-17(5-4-15)7-9-18/h11-12H,3-10,15H2,1-2H3. The topological polar surface area (TPSA) is 54.6 Å². The fourth-order valence-corrected chi connectivity index (χ4v) is 3.30. The van der Waals surface area contributed by atoms with Crippen LogP contribution in [0.5, 0.6) is 0 Å². The zero-order valence-electron chi connectivity index (χ0n) is 12.5. The van der Waals surface area contributed by atoms with Crippen LogP contribution in [0.4, 0.5) is 0 Å². The van der Waals surface area contributed by atoms with Crippen molar-refractivity contribution >= 4 is 11.3 Å². The van der Waals surface area contributed by atoms with Gasteiger partial charge in [-0.2, -0.15) is 0 Å². The van der Waals surface area contributed by atoms with Crippen LogP contribution in [0.3, 0.4) is 0 Å². The summed E-state index contributed by atoms with van der Waals surface area (Å²) in [7, 11) is 0. The Kier molecular flexibility index (Phi) is 6.38. The zero-order chi connectivity index (χ0) is 14.4. The Morgan fingerprint density at radius 2 is 2.05 bits per heavy atom. The quantitative estimate of drug-likeness (QED) is 0.823. The van der Waals surface area contributed by atoms with Crippen molar-refractivity contribution in [3.63, 3.8) is 0 Å². The maximum absolute atomic E-state index is 5.60. The third-order valence-electron chi connectivity index (χ3n) is 3.63. The highest BCUT2D eigenvalue weighted by Crippen LogP contribution is 2.22. The number of rotatable bonds is 7. The first-order valence-corrected chi connectivity index (χ1v) is 8.31. The Labute approximate surface area is 125 Å². The van der Waals surface area contributed by atoms with Crippen LogP contribution in [-0.4, -0.2) is 60.7 Å². The predicted molar refractivity (Wildman–Crippen MR) is 82.9 cm³/mol. The van der Waals surface area contributed by atoms with Gasteiger partial charge in [-0.3, -0.25) is 9.80 Å². The van der Waals surface area contributed by atoms with E-state index in [9.17, 15) is 0 Å². The molecule has 0 aromatic carbocycles. The monoisotopic (exact) mass is 298 g/mol. The molecule has 0 amide bonds. The first-order valence-electron chi connectivity index (χ1n) is 7.43.